The number of methoxy groups -OCH3 is 1. The van der Waals surface area contributed by atoms with Crippen molar-refractivity contribution in [3.63, 3.8) is 0 Å². The van der Waals surface area contributed by atoms with Gasteiger partial charge in [-0.1, -0.05) is 12.1 Å². The quantitative estimate of drug-likeness (QED) is 0.872. The Labute approximate surface area is 139 Å². The van der Waals surface area contributed by atoms with Gasteiger partial charge in [0.25, 0.3) is 5.91 Å². The molecule has 24 heavy (non-hydrogen) atoms. The molecule has 1 aromatic heterocycles. The van der Waals surface area contributed by atoms with Gasteiger partial charge in [-0.25, -0.2) is 9.78 Å². The van der Waals surface area contributed by atoms with Crippen LogP contribution in [0.15, 0.2) is 30.5 Å². The minimum atomic E-state index is -1.15. The van der Waals surface area contributed by atoms with Crippen LogP contribution < -0.4 is 10.1 Å². The number of aliphatic carboxylic acids is 1. The molecule has 0 saturated heterocycles. The smallest absolute Gasteiger partial charge is 0.330 e. The van der Waals surface area contributed by atoms with Gasteiger partial charge < -0.3 is 19.7 Å². The predicted octanol–water partition coefficient (Wildman–Crippen LogP) is 1.78. The molecule has 1 aliphatic rings. The van der Waals surface area contributed by atoms with E-state index >= 15 is 0 Å². The zero-order chi connectivity index (χ0) is 17.1. The van der Waals surface area contributed by atoms with Crippen LogP contribution in [0.4, 0.5) is 0 Å². The van der Waals surface area contributed by atoms with Gasteiger partial charge in [0.05, 0.1) is 13.3 Å². The van der Waals surface area contributed by atoms with Gasteiger partial charge in [-0.15, -0.1) is 0 Å². The van der Waals surface area contributed by atoms with Gasteiger partial charge in [0, 0.05) is 13.0 Å². The maximum absolute atomic E-state index is 12.6. The van der Waals surface area contributed by atoms with Gasteiger partial charge in [0.15, 0.2) is 6.04 Å². The SMILES string of the molecule is COc1cccc([C@H](NC(=O)c2cnc3n2CCCC3)C(=O)O)c1. The van der Waals surface area contributed by atoms with E-state index in [1.54, 1.807) is 24.3 Å². The van der Waals surface area contributed by atoms with Crippen LogP contribution in [0.5, 0.6) is 5.75 Å². The molecule has 1 aromatic carbocycles. The maximum atomic E-state index is 12.6. The molecule has 126 valence electrons. The lowest BCUT2D eigenvalue weighted by molar-refractivity contribution is -0.139. The Morgan fingerprint density at radius 3 is 2.96 bits per heavy atom. The Bertz CT molecular complexity index is 769. The number of carboxylic acid groups (broad SMARTS) is 1. The van der Waals surface area contributed by atoms with E-state index in [9.17, 15) is 14.7 Å². The topological polar surface area (TPSA) is 93.5 Å². The molecule has 2 aromatic rings. The number of hydrogen-bond acceptors (Lipinski definition) is 4. The molecule has 1 aliphatic heterocycles. The summed E-state index contributed by atoms with van der Waals surface area (Å²) in [6.07, 6.45) is 4.40. The van der Waals surface area contributed by atoms with Crippen LogP contribution in [0.2, 0.25) is 0 Å². The van der Waals surface area contributed by atoms with E-state index in [-0.39, 0.29) is 0 Å². The average molecular weight is 329 g/mol. The summed E-state index contributed by atoms with van der Waals surface area (Å²) < 4.78 is 6.98. The Kier molecular flexibility index (Phi) is 4.50. The van der Waals surface area contributed by atoms with E-state index in [0.29, 0.717) is 17.0 Å². The third-order valence-corrected chi connectivity index (χ3v) is 4.15. The highest BCUT2D eigenvalue weighted by Gasteiger charge is 2.26. The van der Waals surface area contributed by atoms with Crippen molar-refractivity contribution in [2.24, 2.45) is 0 Å². The molecule has 0 aliphatic carbocycles. The maximum Gasteiger partial charge on any atom is 0.330 e. The minimum Gasteiger partial charge on any atom is -0.497 e. The first-order chi connectivity index (χ1) is 11.6. The number of fused-ring (bicyclic) bond motifs is 1. The number of carboxylic acids is 1. The number of carbonyl (C=O) groups is 2. The fourth-order valence-corrected chi connectivity index (χ4v) is 2.91. The lowest BCUT2D eigenvalue weighted by Crippen LogP contribution is -2.35. The molecule has 0 bridgehead atoms. The summed E-state index contributed by atoms with van der Waals surface area (Å²) in [5.41, 5.74) is 0.854. The Hall–Kier alpha value is -2.83. The van der Waals surface area contributed by atoms with E-state index in [0.717, 1.165) is 31.6 Å². The number of rotatable bonds is 5. The fourth-order valence-electron chi connectivity index (χ4n) is 2.91. The van der Waals surface area contributed by atoms with Crippen molar-refractivity contribution < 1.29 is 19.4 Å². The number of aromatic nitrogens is 2. The number of carbonyl (C=O) groups excluding carboxylic acids is 1. The minimum absolute atomic E-state index is 0.402. The highest BCUT2D eigenvalue weighted by Crippen LogP contribution is 2.21. The van der Waals surface area contributed by atoms with Crippen LogP contribution in [0.3, 0.4) is 0 Å². The Morgan fingerprint density at radius 2 is 2.21 bits per heavy atom. The van der Waals surface area contributed by atoms with Crippen LogP contribution in [0.1, 0.15) is 40.8 Å². The second-order valence-corrected chi connectivity index (χ2v) is 5.69. The molecule has 0 spiro atoms. The number of ether oxygens (including phenoxy) is 1. The first kappa shape index (κ1) is 16.0. The van der Waals surface area contributed by atoms with Crippen LogP contribution in [0.25, 0.3) is 0 Å². The predicted molar refractivity (Wildman–Crippen MR) is 86.0 cm³/mol. The molecule has 0 fully saturated rings. The van der Waals surface area contributed by atoms with Gasteiger partial charge >= 0.3 is 5.97 Å². The fraction of sp³-hybridized carbons (Fsp3) is 0.353. The first-order valence-corrected chi connectivity index (χ1v) is 7.82. The number of benzene rings is 1. The summed E-state index contributed by atoms with van der Waals surface area (Å²) >= 11 is 0. The lowest BCUT2D eigenvalue weighted by Gasteiger charge is -2.18. The van der Waals surface area contributed by atoms with E-state index in [2.05, 4.69) is 10.3 Å². The van der Waals surface area contributed by atoms with Crippen LogP contribution >= 0.6 is 0 Å². The van der Waals surface area contributed by atoms with Gasteiger partial charge in [-0.3, -0.25) is 4.79 Å². The normalized spacial score (nSPS) is 14.5. The Balaban J connectivity index is 1.84. The lowest BCUT2D eigenvalue weighted by atomic mass is 10.1. The molecule has 1 atom stereocenters. The summed E-state index contributed by atoms with van der Waals surface area (Å²) in [4.78, 5) is 28.4. The molecule has 0 radical (unpaired) electrons. The van der Waals surface area contributed by atoms with Gasteiger partial charge in [0.1, 0.15) is 17.3 Å². The second-order valence-electron chi connectivity index (χ2n) is 5.69. The van der Waals surface area contributed by atoms with Crippen LogP contribution in [-0.2, 0) is 17.8 Å². The monoisotopic (exact) mass is 329 g/mol. The first-order valence-electron chi connectivity index (χ1n) is 7.82. The van der Waals surface area contributed by atoms with Crippen molar-refractivity contribution in [1.29, 1.82) is 0 Å². The second kappa shape index (κ2) is 6.74. The van der Waals surface area contributed by atoms with Crippen molar-refractivity contribution in [1.82, 2.24) is 14.9 Å². The largest absolute Gasteiger partial charge is 0.497 e. The third kappa shape index (κ3) is 3.10. The molecule has 0 saturated carbocycles. The van der Waals surface area contributed by atoms with Crippen molar-refractivity contribution >= 4 is 11.9 Å². The van der Waals surface area contributed by atoms with E-state index < -0.39 is 17.9 Å². The molecule has 7 nitrogen and oxygen atoms in total. The average Bonchev–Trinajstić information content (AvgIpc) is 3.03. The van der Waals surface area contributed by atoms with E-state index in [1.165, 1.54) is 13.3 Å². The van der Waals surface area contributed by atoms with Crippen molar-refractivity contribution in [2.45, 2.75) is 31.8 Å². The number of imidazole rings is 1. The van der Waals surface area contributed by atoms with Crippen LogP contribution in [-0.4, -0.2) is 33.6 Å². The molecule has 7 heteroatoms. The number of amides is 1. The molecular weight excluding hydrogens is 310 g/mol. The van der Waals surface area contributed by atoms with Crippen LogP contribution in [0, 0.1) is 0 Å². The molecule has 2 N–H and O–H groups in total. The Morgan fingerprint density at radius 1 is 1.38 bits per heavy atom. The van der Waals surface area contributed by atoms with Crippen molar-refractivity contribution in [3.8, 4) is 5.75 Å². The zero-order valence-electron chi connectivity index (χ0n) is 13.4. The van der Waals surface area contributed by atoms with Gasteiger partial charge in [-0.2, -0.15) is 0 Å². The summed E-state index contributed by atoms with van der Waals surface area (Å²) in [6, 6.07) is 5.51. The molecule has 0 unspecified atom stereocenters. The molecule has 1 amide bonds. The van der Waals surface area contributed by atoms with Gasteiger partial charge in [0.2, 0.25) is 0 Å². The number of nitrogens with one attached hydrogen (secondary N) is 1. The highest BCUT2D eigenvalue weighted by atomic mass is 16.5. The number of nitrogens with zero attached hydrogens (tertiary/aromatic N) is 2. The van der Waals surface area contributed by atoms with Gasteiger partial charge in [-0.05, 0) is 30.5 Å². The molecular formula is C17H19N3O4. The van der Waals surface area contributed by atoms with E-state index in [1.807, 2.05) is 4.57 Å². The summed E-state index contributed by atoms with van der Waals surface area (Å²) in [7, 11) is 1.51. The number of hydrogen-bond donors (Lipinski definition) is 2. The summed E-state index contributed by atoms with van der Waals surface area (Å²) in [5, 5.41) is 12.1. The summed E-state index contributed by atoms with van der Waals surface area (Å²) in [5.74, 6) is -0.157. The van der Waals surface area contributed by atoms with Crippen molar-refractivity contribution in [2.75, 3.05) is 7.11 Å². The third-order valence-electron chi connectivity index (χ3n) is 4.15. The van der Waals surface area contributed by atoms with Crippen molar-refractivity contribution in [3.05, 3.63) is 47.5 Å². The summed E-state index contributed by atoms with van der Waals surface area (Å²) in [6.45, 7) is 0.731. The standard InChI is InChI=1S/C17H19N3O4/c1-24-12-6-4-5-11(9-12)15(17(22)23)19-16(21)13-10-18-14-7-2-3-8-20(13)14/h4-6,9-10,15H,2-3,7-8H2,1H3,(H,19,21)(H,22,23)/t15-/m0/s1. The molecule has 3 rings (SSSR count). The zero-order valence-corrected chi connectivity index (χ0v) is 13.4. The number of aryl methyl sites for hydroxylation is 1. The molecule has 2 heterocycles. The highest BCUT2D eigenvalue weighted by molar-refractivity contribution is 5.95. The van der Waals surface area contributed by atoms with E-state index in [4.69, 9.17) is 4.74 Å².